The van der Waals surface area contributed by atoms with E-state index in [0.717, 1.165) is 11.1 Å². The quantitative estimate of drug-likeness (QED) is 0.544. The van der Waals surface area contributed by atoms with E-state index in [2.05, 4.69) is 5.32 Å². The van der Waals surface area contributed by atoms with E-state index in [1.165, 1.54) is 0 Å². The molecule has 0 aliphatic heterocycles. The molecule has 0 unspecified atom stereocenters. The van der Waals surface area contributed by atoms with Crippen LogP contribution in [-0.2, 0) is 4.79 Å². The third-order valence-electron chi connectivity index (χ3n) is 4.19. The third-order valence-corrected chi connectivity index (χ3v) is 4.42. The Morgan fingerprint density at radius 1 is 0.964 bits per heavy atom. The molecule has 0 aliphatic carbocycles. The van der Waals surface area contributed by atoms with Crippen LogP contribution in [0.15, 0.2) is 66.7 Å². The van der Waals surface area contributed by atoms with Gasteiger partial charge < -0.3 is 14.8 Å². The number of hydrogen-bond acceptors (Lipinski definition) is 3. The van der Waals surface area contributed by atoms with E-state index in [4.69, 9.17) is 21.1 Å². The Kier molecular flexibility index (Phi) is 6.22. The summed E-state index contributed by atoms with van der Waals surface area (Å²) in [6, 6.07) is 20.3. The molecule has 1 atom stereocenters. The van der Waals surface area contributed by atoms with Gasteiger partial charge in [0.05, 0.1) is 5.69 Å². The van der Waals surface area contributed by atoms with Crippen LogP contribution in [0, 0.1) is 13.8 Å². The summed E-state index contributed by atoms with van der Waals surface area (Å²) in [6.07, 6.45) is -0.691. The second-order valence-electron chi connectivity index (χ2n) is 6.57. The molecule has 0 spiro atoms. The van der Waals surface area contributed by atoms with E-state index in [1.807, 2.05) is 62.4 Å². The van der Waals surface area contributed by atoms with Gasteiger partial charge in [0.2, 0.25) is 0 Å². The Labute approximate surface area is 170 Å². The maximum absolute atomic E-state index is 12.7. The average Bonchev–Trinajstić information content (AvgIpc) is 2.67. The normalized spacial score (nSPS) is 11.6. The van der Waals surface area contributed by atoms with Crippen LogP contribution in [0.5, 0.6) is 17.2 Å². The van der Waals surface area contributed by atoms with Crippen LogP contribution in [0.3, 0.4) is 0 Å². The zero-order chi connectivity index (χ0) is 20.1. The van der Waals surface area contributed by atoms with E-state index in [9.17, 15) is 4.79 Å². The number of nitrogens with one attached hydrogen (secondary N) is 1. The Bertz CT molecular complexity index is 973. The van der Waals surface area contributed by atoms with Gasteiger partial charge in [0.1, 0.15) is 11.5 Å². The monoisotopic (exact) mass is 395 g/mol. The third kappa shape index (κ3) is 5.05. The highest BCUT2D eigenvalue weighted by molar-refractivity contribution is 6.31. The van der Waals surface area contributed by atoms with Crippen LogP contribution < -0.4 is 14.8 Å². The van der Waals surface area contributed by atoms with Gasteiger partial charge in [0.15, 0.2) is 11.9 Å². The minimum atomic E-state index is -0.691. The number of hydrogen-bond donors (Lipinski definition) is 1. The van der Waals surface area contributed by atoms with Gasteiger partial charge in [0, 0.05) is 5.02 Å². The zero-order valence-corrected chi connectivity index (χ0v) is 16.8. The lowest BCUT2D eigenvalue weighted by atomic mass is 10.1. The van der Waals surface area contributed by atoms with Gasteiger partial charge in [-0.2, -0.15) is 0 Å². The van der Waals surface area contributed by atoms with Crippen LogP contribution in [-0.4, -0.2) is 12.0 Å². The number of para-hydroxylation sites is 1. The lowest BCUT2D eigenvalue weighted by Gasteiger charge is -2.18. The predicted molar refractivity (Wildman–Crippen MR) is 113 cm³/mol. The van der Waals surface area contributed by atoms with Gasteiger partial charge in [-0.05, 0) is 68.3 Å². The van der Waals surface area contributed by atoms with Crippen LogP contribution >= 0.6 is 11.6 Å². The van der Waals surface area contributed by atoms with E-state index in [-0.39, 0.29) is 5.91 Å². The molecule has 144 valence electrons. The largest absolute Gasteiger partial charge is 0.481 e. The highest BCUT2D eigenvalue weighted by Gasteiger charge is 2.18. The molecule has 0 fully saturated rings. The number of aryl methyl sites for hydroxylation is 2. The highest BCUT2D eigenvalue weighted by atomic mass is 35.5. The number of carbonyl (C=O) groups excluding carboxylic acids is 1. The van der Waals surface area contributed by atoms with Gasteiger partial charge in [-0.25, -0.2) is 0 Å². The number of carbonyl (C=O) groups is 1. The van der Waals surface area contributed by atoms with Gasteiger partial charge in [0.25, 0.3) is 5.91 Å². The Morgan fingerprint density at radius 2 is 1.71 bits per heavy atom. The molecule has 0 heterocycles. The topological polar surface area (TPSA) is 47.6 Å². The molecular formula is C23H22ClNO3. The van der Waals surface area contributed by atoms with Crippen LogP contribution in [0.4, 0.5) is 5.69 Å². The Hall–Kier alpha value is -2.98. The average molecular weight is 396 g/mol. The molecule has 0 saturated heterocycles. The van der Waals surface area contributed by atoms with Crippen molar-refractivity contribution in [1.29, 1.82) is 0 Å². The number of anilines is 1. The van der Waals surface area contributed by atoms with Crippen LogP contribution in [0.1, 0.15) is 18.1 Å². The molecule has 0 bridgehead atoms. The molecule has 28 heavy (non-hydrogen) atoms. The summed E-state index contributed by atoms with van der Waals surface area (Å²) in [7, 11) is 0. The van der Waals surface area contributed by atoms with Crippen molar-refractivity contribution in [3.05, 3.63) is 82.9 Å². The first-order chi connectivity index (χ1) is 13.4. The molecule has 0 radical (unpaired) electrons. The minimum Gasteiger partial charge on any atom is -0.481 e. The Morgan fingerprint density at radius 3 is 2.46 bits per heavy atom. The van der Waals surface area contributed by atoms with Crippen molar-refractivity contribution < 1.29 is 14.3 Å². The van der Waals surface area contributed by atoms with E-state index >= 15 is 0 Å². The van der Waals surface area contributed by atoms with Crippen molar-refractivity contribution in [2.24, 2.45) is 0 Å². The molecule has 0 saturated carbocycles. The van der Waals surface area contributed by atoms with E-state index in [1.54, 1.807) is 25.1 Å². The minimum absolute atomic E-state index is 0.291. The second kappa shape index (κ2) is 8.81. The maximum atomic E-state index is 12.7. The number of benzene rings is 3. The van der Waals surface area contributed by atoms with Crippen molar-refractivity contribution in [1.82, 2.24) is 0 Å². The summed E-state index contributed by atoms with van der Waals surface area (Å²) in [5.74, 6) is 1.57. The first kappa shape index (κ1) is 19.8. The lowest BCUT2D eigenvalue weighted by molar-refractivity contribution is -0.122. The van der Waals surface area contributed by atoms with Gasteiger partial charge >= 0.3 is 0 Å². The summed E-state index contributed by atoms with van der Waals surface area (Å²) in [5.41, 5.74) is 2.53. The lowest BCUT2D eigenvalue weighted by Crippen LogP contribution is -2.30. The fraction of sp³-hybridized carbons (Fsp3) is 0.174. The summed E-state index contributed by atoms with van der Waals surface area (Å²) in [5, 5.41) is 3.35. The van der Waals surface area contributed by atoms with Crippen molar-refractivity contribution >= 4 is 23.2 Å². The summed E-state index contributed by atoms with van der Waals surface area (Å²) >= 11 is 6.11. The molecule has 0 aliphatic rings. The summed E-state index contributed by atoms with van der Waals surface area (Å²) < 4.78 is 11.7. The van der Waals surface area contributed by atoms with E-state index in [0.29, 0.717) is 28.0 Å². The molecular weight excluding hydrogens is 374 g/mol. The van der Waals surface area contributed by atoms with Gasteiger partial charge in [-0.15, -0.1) is 0 Å². The van der Waals surface area contributed by atoms with E-state index < -0.39 is 6.10 Å². The molecule has 1 amide bonds. The molecule has 4 nitrogen and oxygen atoms in total. The maximum Gasteiger partial charge on any atom is 0.265 e. The first-order valence-corrected chi connectivity index (χ1v) is 9.37. The van der Waals surface area contributed by atoms with Crippen LogP contribution in [0.2, 0.25) is 5.02 Å². The van der Waals surface area contributed by atoms with Crippen molar-refractivity contribution in [3.63, 3.8) is 0 Å². The Balaban J connectivity index is 1.75. The molecule has 5 heteroatoms. The summed E-state index contributed by atoms with van der Waals surface area (Å²) in [6.45, 7) is 5.64. The fourth-order valence-corrected chi connectivity index (χ4v) is 2.79. The fourth-order valence-electron chi connectivity index (χ4n) is 2.62. The van der Waals surface area contributed by atoms with Crippen LogP contribution in [0.25, 0.3) is 0 Å². The SMILES string of the molecule is Cc1ccc(C)c(O[C@H](C)C(=O)Nc2cc(Cl)ccc2Oc2ccccc2)c1. The molecule has 0 aromatic heterocycles. The number of rotatable bonds is 6. The zero-order valence-electron chi connectivity index (χ0n) is 16.0. The second-order valence-corrected chi connectivity index (χ2v) is 7.01. The molecule has 3 rings (SSSR count). The molecule has 1 N–H and O–H groups in total. The van der Waals surface area contributed by atoms with Gasteiger partial charge in [-0.1, -0.05) is 41.9 Å². The number of amides is 1. The molecule has 3 aromatic carbocycles. The van der Waals surface area contributed by atoms with Gasteiger partial charge in [-0.3, -0.25) is 4.79 Å². The van der Waals surface area contributed by atoms with Crippen molar-refractivity contribution in [3.8, 4) is 17.2 Å². The smallest absolute Gasteiger partial charge is 0.265 e. The standard InChI is InChI=1S/C23H22ClNO3/c1-15-9-10-16(2)22(13-15)27-17(3)23(26)25-20-14-18(24)11-12-21(20)28-19-7-5-4-6-8-19/h4-14,17H,1-3H3,(H,25,26)/t17-/m1/s1. The number of ether oxygens (including phenoxy) is 2. The summed E-state index contributed by atoms with van der Waals surface area (Å²) in [4.78, 5) is 12.7. The van der Waals surface area contributed by atoms with Crippen molar-refractivity contribution in [2.75, 3.05) is 5.32 Å². The molecule has 3 aromatic rings. The predicted octanol–water partition coefficient (Wildman–Crippen LogP) is 6.16. The van der Waals surface area contributed by atoms with Crippen molar-refractivity contribution in [2.45, 2.75) is 26.9 Å². The number of halogens is 1. The first-order valence-electron chi connectivity index (χ1n) is 8.99. The highest BCUT2D eigenvalue weighted by Crippen LogP contribution is 2.32.